The van der Waals surface area contributed by atoms with Gasteiger partial charge in [0.05, 0.1) is 4.91 Å². The van der Waals surface area contributed by atoms with Crippen molar-refractivity contribution in [3.05, 3.63) is 75.7 Å². The number of carbonyl (C=O) groups excluding carboxylic acids is 2. The molecule has 4 heteroatoms. The van der Waals surface area contributed by atoms with E-state index in [9.17, 15) is 9.59 Å². The molecule has 3 rings (SSSR count). The van der Waals surface area contributed by atoms with Crippen LogP contribution in [0.5, 0.6) is 0 Å². The van der Waals surface area contributed by atoms with Crippen LogP contribution in [0.1, 0.15) is 22.3 Å². The van der Waals surface area contributed by atoms with Crippen molar-refractivity contribution in [2.24, 2.45) is 0 Å². The van der Waals surface area contributed by atoms with E-state index in [2.05, 4.69) is 42.6 Å². The van der Waals surface area contributed by atoms with Crippen molar-refractivity contribution in [1.82, 2.24) is 5.32 Å². The molecule has 0 aromatic heterocycles. The summed E-state index contributed by atoms with van der Waals surface area (Å²) < 4.78 is 0. The Balaban J connectivity index is 1.72. The number of hydrogen-bond donors (Lipinski definition) is 1. The summed E-state index contributed by atoms with van der Waals surface area (Å²) in [5.74, 6) is -0.330. The molecule has 1 fully saturated rings. The predicted molar refractivity (Wildman–Crippen MR) is 95.7 cm³/mol. The van der Waals surface area contributed by atoms with Gasteiger partial charge in [-0.3, -0.25) is 14.9 Å². The van der Waals surface area contributed by atoms with E-state index >= 15 is 0 Å². The van der Waals surface area contributed by atoms with Gasteiger partial charge >= 0.3 is 0 Å². The number of amides is 2. The number of thioether (sulfide) groups is 1. The molecule has 0 radical (unpaired) electrons. The molecule has 1 saturated heterocycles. The topological polar surface area (TPSA) is 46.2 Å². The molecule has 114 valence electrons. The minimum Gasteiger partial charge on any atom is -0.282 e. The fourth-order valence-corrected chi connectivity index (χ4v) is 2.83. The van der Waals surface area contributed by atoms with Crippen LogP contribution in [0.25, 0.3) is 18.2 Å². The van der Waals surface area contributed by atoms with Gasteiger partial charge in [0.1, 0.15) is 0 Å². The molecule has 2 aromatic rings. The normalized spacial score (nSPS) is 16.3. The number of benzene rings is 2. The molecule has 0 spiro atoms. The highest BCUT2D eigenvalue weighted by Crippen LogP contribution is 2.25. The molecule has 0 atom stereocenters. The van der Waals surface area contributed by atoms with Gasteiger partial charge in [0, 0.05) is 0 Å². The summed E-state index contributed by atoms with van der Waals surface area (Å²) in [4.78, 5) is 23.1. The molecular formula is C19H15NO2S. The Kier molecular flexibility index (Phi) is 4.44. The lowest BCUT2D eigenvalue weighted by Gasteiger charge is -1.98. The van der Waals surface area contributed by atoms with Crippen molar-refractivity contribution in [3.8, 4) is 0 Å². The SMILES string of the molecule is Cc1ccc(/C=C/c2ccc(/C=C3\SC(=O)NC3=O)cc2)cc1. The molecule has 1 N–H and O–H groups in total. The number of carbonyl (C=O) groups is 2. The summed E-state index contributed by atoms with van der Waals surface area (Å²) in [7, 11) is 0. The maximum absolute atomic E-state index is 11.5. The fraction of sp³-hybridized carbons (Fsp3) is 0.0526. The minimum absolute atomic E-state index is 0.320. The third-order valence-corrected chi connectivity index (χ3v) is 4.23. The lowest BCUT2D eigenvalue weighted by molar-refractivity contribution is -0.115. The van der Waals surface area contributed by atoms with Gasteiger partial charge < -0.3 is 0 Å². The average molecular weight is 321 g/mol. The van der Waals surface area contributed by atoms with Gasteiger partial charge in [0.2, 0.25) is 0 Å². The molecule has 23 heavy (non-hydrogen) atoms. The van der Waals surface area contributed by atoms with Gasteiger partial charge in [0.15, 0.2) is 0 Å². The second kappa shape index (κ2) is 6.67. The molecule has 2 amide bonds. The zero-order valence-electron chi connectivity index (χ0n) is 12.6. The van der Waals surface area contributed by atoms with E-state index in [1.807, 2.05) is 30.3 Å². The van der Waals surface area contributed by atoms with Crippen LogP contribution in [-0.4, -0.2) is 11.1 Å². The third kappa shape index (κ3) is 3.99. The molecule has 3 nitrogen and oxygen atoms in total. The first-order valence-corrected chi connectivity index (χ1v) is 8.01. The lowest BCUT2D eigenvalue weighted by atomic mass is 10.1. The summed E-state index contributed by atoms with van der Waals surface area (Å²) in [5.41, 5.74) is 4.36. The largest absolute Gasteiger partial charge is 0.290 e. The van der Waals surface area contributed by atoms with E-state index in [1.165, 1.54) is 5.56 Å². The number of aryl methyl sites for hydroxylation is 1. The van der Waals surface area contributed by atoms with Crippen molar-refractivity contribution >= 4 is 41.1 Å². The Labute approximate surface area is 139 Å². The van der Waals surface area contributed by atoms with E-state index in [0.29, 0.717) is 4.91 Å². The van der Waals surface area contributed by atoms with E-state index < -0.39 is 0 Å². The Hall–Kier alpha value is -2.59. The average Bonchev–Trinajstić information content (AvgIpc) is 2.86. The fourth-order valence-electron chi connectivity index (χ4n) is 2.15. The van der Waals surface area contributed by atoms with Crippen molar-refractivity contribution in [3.63, 3.8) is 0 Å². The van der Waals surface area contributed by atoms with Crippen LogP contribution in [0.4, 0.5) is 4.79 Å². The van der Waals surface area contributed by atoms with Crippen LogP contribution in [0.3, 0.4) is 0 Å². The van der Waals surface area contributed by atoms with E-state index in [1.54, 1.807) is 6.08 Å². The summed E-state index contributed by atoms with van der Waals surface area (Å²) in [6.07, 6.45) is 5.83. The lowest BCUT2D eigenvalue weighted by Crippen LogP contribution is -2.17. The van der Waals surface area contributed by atoms with Gasteiger partial charge in [0.25, 0.3) is 11.1 Å². The van der Waals surface area contributed by atoms with Crippen molar-refractivity contribution in [1.29, 1.82) is 0 Å². The quantitative estimate of drug-likeness (QED) is 0.669. The van der Waals surface area contributed by atoms with Gasteiger partial charge in [-0.25, -0.2) is 0 Å². The van der Waals surface area contributed by atoms with Gasteiger partial charge in [-0.1, -0.05) is 66.2 Å². The highest BCUT2D eigenvalue weighted by molar-refractivity contribution is 8.18. The van der Waals surface area contributed by atoms with Crippen molar-refractivity contribution < 1.29 is 9.59 Å². The van der Waals surface area contributed by atoms with Crippen molar-refractivity contribution in [2.45, 2.75) is 6.92 Å². The number of imide groups is 1. The first-order chi connectivity index (χ1) is 11.1. The molecular weight excluding hydrogens is 306 g/mol. The second-order valence-corrected chi connectivity index (χ2v) is 6.28. The van der Waals surface area contributed by atoms with Gasteiger partial charge in [-0.15, -0.1) is 0 Å². The van der Waals surface area contributed by atoms with E-state index in [-0.39, 0.29) is 11.1 Å². The van der Waals surface area contributed by atoms with E-state index in [4.69, 9.17) is 0 Å². The Morgan fingerprint density at radius 2 is 1.35 bits per heavy atom. The Bertz CT molecular complexity index is 802. The maximum atomic E-state index is 11.5. The zero-order valence-corrected chi connectivity index (χ0v) is 13.4. The highest BCUT2D eigenvalue weighted by atomic mass is 32.2. The first-order valence-electron chi connectivity index (χ1n) is 7.20. The summed E-state index contributed by atoms with van der Waals surface area (Å²) in [6.45, 7) is 2.07. The Morgan fingerprint density at radius 1 is 0.826 bits per heavy atom. The number of rotatable bonds is 3. The maximum Gasteiger partial charge on any atom is 0.290 e. The van der Waals surface area contributed by atoms with E-state index in [0.717, 1.165) is 28.5 Å². The molecule has 1 aliphatic heterocycles. The van der Waals surface area contributed by atoms with Crippen molar-refractivity contribution in [2.75, 3.05) is 0 Å². The third-order valence-electron chi connectivity index (χ3n) is 3.42. The molecule has 0 unspecified atom stereocenters. The molecule has 0 saturated carbocycles. The summed E-state index contributed by atoms with van der Waals surface area (Å²) >= 11 is 0.929. The standard InChI is InChI=1S/C19H15NO2S/c1-13-2-4-14(5-3-13)6-7-15-8-10-16(11-9-15)12-17-18(21)20-19(22)23-17/h2-12H,1H3,(H,20,21,22)/b7-6+,17-12-. The highest BCUT2D eigenvalue weighted by Gasteiger charge is 2.24. The van der Waals surface area contributed by atoms with Crippen LogP contribution >= 0.6 is 11.8 Å². The first kappa shape index (κ1) is 15.3. The van der Waals surface area contributed by atoms with Gasteiger partial charge in [-0.05, 0) is 41.5 Å². The van der Waals surface area contributed by atoms with Crippen LogP contribution in [-0.2, 0) is 4.79 Å². The smallest absolute Gasteiger partial charge is 0.282 e. The summed E-state index contributed by atoms with van der Waals surface area (Å²) in [5, 5.41) is 1.93. The number of nitrogens with one attached hydrogen (secondary N) is 1. The molecule has 1 heterocycles. The molecule has 0 bridgehead atoms. The predicted octanol–water partition coefficient (Wildman–Crippen LogP) is 4.49. The van der Waals surface area contributed by atoms with Crippen LogP contribution in [0.15, 0.2) is 53.4 Å². The van der Waals surface area contributed by atoms with Crippen LogP contribution in [0, 0.1) is 6.92 Å². The number of hydrogen-bond acceptors (Lipinski definition) is 3. The Morgan fingerprint density at radius 3 is 1.87 bits per heavy atom. The zero-order chi connectivity index (χ0) is 16.2. The van der Waals surface area contributed by atoms with Crippen LogP contribution < -0.4 is 5.32 Å². The summed E-state index contributed by atoms with van der Waals surface area (Å²) in [6, 6.07) is 16.2. The molecule has 0 aliphatic carbocycles. The second-order valence-electron chi connectivity index (χ2n) is 5.26. The minimum atomic E-state index is -0.330. The monoisotopic (exact) mass is 321 g/mol. The molecule has 2 aromatic carbocycles. The molecule has 1 aliphatic rings. The van der Waals surface area contributed by atoms with Crippen LogP contribution in [0.2, 0.25) is 0 Å². The van der Waals surface area contributed by atoms with Gasteiger partial charge in [-0.2, -0.15) is 0 Å².